The quantitative estimate of drug-likeness (QED) is 0.305. The molecule has 4 rings (SSSR count). The Labute approximate surface area is 241 Å². The number of urea groups is 1. The highest BCUT2D eigenvalue weighted by Gasteiger charge is 2.37. The molecule has 2 aromatic carbocycles. The molecular formula is C30H40N4O7. The maximum absolute atomic E-state index is 12.7. The molecule has 0 radical (unpaired) electrons. The van der Waals surface area contributed by atoms with Gasteiger partial charge in [-0.1, -0.05) is 29.8 Å². The summed E-state index contributed by atoms with van der Waals surface area (Å²) in [5, 5.41) is 11.6. The van der Waals surface area contributed by atoms with Crippen LogP contribution in [-0.4, -0.2) is 121 Å². The zero-order valence-corrected chi connectivity index (χ0v) is 24.1. The van der Waals surface area contributed by atoms with Crippen molar-refractivity contribution in [2.45, 2.75) is 25.5 Å². The van der Waals surface area contributed by atoms with Crippen molar-refractivity contribution in [3.05, 3.63) is 59.7 Å². The maximum Gasteiger partial charge on any atom is 0.326 e. The average Bonchev–Trinajstić information content (AvgIpc) is 3.08. The van der Waals surface area contributed by atoms with Crippen molar-refractivity contribution in [1.82, 2.24) is 19.6 Å². The molecule has 2 heterocycles. The van der Waals surface area contributed by atoms with Crippen molar-refractivity contribution >= 4 is 17.8 Å². The number of hydrogen-bond donors (Lipinski definition) is 1. The summed E-state index contributed by atoms with van der Waals surface area (Å²) < 4.78 is 16.8. The molecule has 1 N–H and O–H groups in total. The van der Waals surface area contributed by atoms with Crippen LogP contribution in [-0.2, 0) is 20.9 Å². The Kier molecular flexibility index (Phi) is 10.2. The molecule has 2 fully saturated rings. The third-order valence-corrected chi connectivity index (χ3v) is 7.19. The van der Waals surface area contributed by atoms with Crippen LogP contribution in [0.5, 0.6) is 11.5 Å². The summed E-state index contributed by atoms with van der Waals surface area (Å²) in [6, 6.07) is 15.1. The predicted molar refractivity (Wildman–Crippen MR) is 152 cm³/mol. The van der Waals surface area contributed by atoms with Gasteiger partial charge in [-0.25, -0.2) is 4.79 Å². The SMILES string of the molecule is COCC(=O)N1CCN(Cc2ccc(OCCCN3C(=O)CN(C)C3=O)cc2)CC(O)(COc2ccc(C)cc2)C1. The van der Waals surface area contributed by atoms with E-state index in [0.717, 1.165) is 11.1 Å². The fourth-order valence-electron chi connectivity index (χ4n) is 5.00. The second-order valence-corrected chi connectivity index (χ2v) is 10.8. The van der Waals surface area contributed by atoms with E-state index in [2.05, 4.69) is 4.90 Å². The van der Waals surface area contributed by atoms with Crippen LogP contribution in [0.2, 0.25) is 0 Å². The Morgan fingerprint density at radius 2 is 1.66 bits per heavy atom. The number of imide groups is 1. The Morgan fingerprint density at radius 1 is 0.976 bits per heavy atom. The van der Waals surface area contributed by atoms with Gasteiger partial charge in [0.05, 0.1) is 13.2 Å². The number of carbonyl (C=O) groups is 3. The normalized spacial score (nSPS) is 20.0. The van der Waals surface area contributed by atoms with Crippen molar-refractivity contribution in [1.29, 1.82) is 0 Å². The Bertz CT molecular complexity index is 1190. The monoisotopic (exact) mass is 568 g/mol. The first-order chi connectivity index (χ1) is 19.7. The number of aryl methyl sites for hydroxylation is 1. The highest BCUT2D eigenvalue weighted by Crippen LogP contribution is 2.21. The molecule has 1 atom stereocenters. The van der Waals surface area contributed by atoms with Gasteiger partial charge in [-0.15, -0.1) is 0 Å². The van der Waals surface area contributed by atoms with E-state index in [0.29, 0.717) is 57.3 Å². The van der Waals surface area contributed by atoms with E-state index in [4.69, 9.17) is 14.2 Å². The van der Waals surface area contributed by atoms with E-state index >= 15 is 0 Å². The number of methoxy groups -OCH3 is 1. The number of aliphatic hydroxyl groups is 1. The van der Waals surface area contributed by atoms with Gasteiger partial charge < -0.3 is 29.1 Å². The second-order valence-electron chi connectivity index (χ2n) is 10.8. The van der Waals surface area contributed by atoms with E-state index in [9.17, 15) is 19.5 Å². The summed E-state index contributed by atoms with van der Waals surface area (Å²) in [5.74, 6) is 1.00. The van der Waals surface area contributed by atoms with Crippen LogP contribution in [0.4, 0.5) is 4.79 Å². The van der Waals surface area contributed by atoms with Crippen LogP contribution in [0.15, 0.2) is 48.5 Å². The molecule has 222 valence electrons. The van der Waals surface area contributed by atoms with Crippen molar-refractivity contribution in [3.63, 3.8) is 0 Å². The summed E-state index contributed by atoms with van der Waals surface area (Å²) in [4.78, 5) is 42.9. The van der Waals surface area contributed by atoms with E-state index in [-0.39, 0.29) is 44.1 Å². The molecule has 0 aliphatic carbocycles. The van der Waals surface area contributed by atoms with E-state index in [1.165, 1.54) is 16.9 Å². The molecule has 0 spiro atoms. The number of benzene rings is 2. The number of rotatable bonds is 12. The van der Waals surface area contributed by atoms with Gasteiger partial charge >= 0.3 is 6.03 Å². The standard InChI is InChI=1S/C30H40N4O7/c1-23-5-9-26(10-6-23)41-22-30(38)20-32(14-15-33(21-30)28(36)19-39-3)17-24-7-11-25(12-8-24)40-16-4-13-34-27(35)18-31(2)29(34)37/h5-12,38H,4,13-22H2,1-3H3. The molecule has 2 saturated heterocycles. The number of amides is 4. The predicted octanol–water partition coefficient (Wildman–Crippen LogP) is 1.76. The van der Waals surface area contributed by atoms with Gasteiger partial charge in [0, 0.05) is 46.9 Å². The topological polar surface area (TPSA) is 112 Å². The smallest absolute Gasteiger partial charge is 0.326 e. The highest BCUT2D eigenvalue weighted by molar-refractivity contribution is 6.01. The first-order valence-corrected chi connectivity index (χ1v) is 13.8. The van der Waals surface area contributed by atoms with Crippen molar-refractivity contribution < 1.29 is 33.7 Å². The van der Waals surface area contributed by atoms with Gasteiger partial charge in [0.25, 0.3) is 0 Å². The fraction of sp³-hybridized carbons (Fsp3) is 0.500. The lowest BCUT2D eigenvalue weighted by Crippen LogP contribution is -2.52. The summed E-state index contributed by atoms with van der Waals surface area (Å²) >= 11 is 0. The number of carbonyl (C=O) groups excluding carboxylic acids is 3. The minimum atomic E-state index is -1.28. The largest absolute Gasteiger partial charge is 0.494 e. The highest BCUT2D eigenvalue weighted by atomic mass is 16.5. The number of ether oxygens (including phenoxy) is 3. The van der Waals surface area contributed by atoms with Crippen molar-refractivity contribution in [2.24, 2.45) is 0 Å². The molecule has 0 bridgehead atoms. The molecule has 0 saturated carbocycles. The zero-order valence-electron chi connectivity index (χ0n) is 24.1. The lowest BCUT2D eigenvalue weighted by molar-refractivity contribution is -0.138. The van der Waals surface area contributed by atoms with Gasteiger partial charge in [0.1, 0.15) is 36.9 Å². The van der Waals surface area contributed by atoms with Gasteiger partial charge in [0.2, 0.25) is 11.8 Å². The van der Waals surface area contributed by atoms with Gasteiger partial charge in [-0.05, 0) is 43.2 Å². The minimum Gasteiger partial charge on any atom is -0.494 e. The third kappa shape index (κ3) is 8.42. The summed E-state index contributed by atoms with van der Waals surface area (Å²) in [7, 11) is 3.09. The molecule has 11 nitrogen and oxygen atoms in total. The molecule has 2 aliphatic rings. The maximum atomic E-state index is 12.7. The molecule has 11 heteroatoms. The van der Waals surface area contributed by atoms with Crippen molar-refractivity contribution in [2.75, 3.05) is 73.2 Å². The third-order valence-electron chi connectivity index (χ3n) is 7.19. The number of nitrogens with zero attached hydrogens (tertiary/aromatic N) is 4. The molecule has 4 amide bonds. The summed E-state index contributed by atoms with van der Waals surface area (Å²) in [6.45, 7) is 4.94. The van der Waals surface area contributed by atoms with Crippen LogP contribution in [0.1, 0.15) is 17.5 Å². The second kappa shape index (κ2) is 13.8. The van der Waals surface area contributed by atoms with Crippen LogP contribution < -0.4 is 9.47 Å². The van der Waals surface area contributed by atoms with E-state index < -0.39 is 5.60 Å². The Hall–Kier alpha value is -3.67. The molecule has 41 heavy (non-hydrogen) atoms. The molecule has 2 aromatic rings. The number of likely N-dealkylation sites (N-methyl/N-ethyl adjacent to an activating group) is 1. The van der Waals surface area contributed by atoms with E-state index in [1.54, 1.807) is 11.9 Å². The van der Waals surface area contributed by atoms with E-state index in [1.807, 2.05) is 55.5 Å². The average molecular weight is 569 g/mol. The summed E-state index contributed by atoms with van der Waals surface area (Å²) in [6.07, 6.45) is 0.544. The lowest BCUT2D eigenvalue weighted by Gasteiger charge is -2.33. The minimum absolute atomic E-state index is 0.0427. The lowest BCUT2D eigenvalue weighted by atomic mass is 10.0. The van der Waals surface area contributed by atoms with Gasteiger partial charge in [-0.2, -0.15) is 0 Å². The number of β-amino-alcohol motifs (C(OH)–C–C–N with tert-alkyl or cyclic N) is 1. The first kappa shape index (κ1) is 30.3. The van der Waals surface area contributed by atoms with Crippen LogP contribution in [0, 0.1) is 6.92 Å². The Morgan fingerprint density at radius 3 is 2.32 bits per heavy atom. The Balaban J connectivity index is 1.32. The molecular weight excluding hydrogens is 528 g/mol. The molecule has 0 aromatic heterocycles. The first-order valence-electron chi connectivity index (χ1n) is 13.8. The summed E-state index contributed by atoms with van der Waals surface area (Å²) in [5.41, 5.74) is 0.875. The van der Waals surface area contributed by atoms with Crippen molar-refractivity contribution in [3.8, 4) is 11.5 Å². The number of hydrogen-bond acceptors (Lipinski definition) is 8. The van der Waals surface area contributed by atoms with Crippen LogP contribution in [0.25, 0.3) is 0 Å². The van der Waals surface area contributed by atoms with Gasteiger partial charge in [0.15, 0.2) is 0 Å². The molecule has 1 unspecified atom stereocenters. The van der Waals surface area contributed by atoms with Gasteiger partial charge in [-0.3, -0.25) is 19.4 Å². The zero-order chi connectivity index (χ0) is 29.4. The molecule has 2 aliphatic heterocycles. The van der Waals surface area contributed by atoms with Crippen LogP contribution >= 0.6 is 0 Å². The fourth-order valence-corrected chi connectivity index (χ4v) is 5.00. The van der Waals surface area contributed by atoms with Crippen LogP contribution in [0.3, 0.4) is 0 Å².